The lowest BCUT2D eigenvalue weighted by Crippen LogP contribution is -2.14. The zero-order valence-corrected chi connectivity index (χ0v) is 12.8. The molecule has 23 heavy (non-hydrogen) atoms. The average molecular weight is 338 g/mol. The van der Waals surface area contributed by atoms with Crippen molar-refractivity contribution in [3.05, 3.63) is 54.2 Å². The predicted octanol–water partition coefficient (Wildman–Crippen LogP) is 2.75. The van der Waals surface area contributed by atoms with Crippen molar-refractivity contribution in [2.45, 2.75) is 4.90 Å². The molecule has 0 saturated carbocycles. The van der Waals surface area contributed by atoms with Gasteiger partial charge in [0.25, 0.3) is 10.0 Å². The second-order valence-electron chi connectivity index (χ2n) is 4.81. The maximum atomic E-state index is 13.8. The van der Waals surface area contributed by atoms with E-state index in [0.29, 0.717) is 0 Å². The topological polar surface area (TPSA) is 74.3 Å². The highest BCUT2D eigenvalue weighted by molar-refractivity contribution is 7.90. The van der Waals surface area contributed by atoms with E-state index in [-0.39, 0.29) is 27.2 Å². The van der Waals surface area contributed by atoms with Gasteiger partial charge in [0, 0.05) is 17.6 Å². The van der Waals surface area contributed by atoms with Gasteiger partial charge in [0.1, 0.15) is 22.3 Å². The van der Waals surface area contributed by atoms with Crippen LogP contribution in [0.1, 0.15) is 0 Å². The van der Waals surface area contributed by atoms with E-state index in [1.165, 1.54) is 37.6 Å². The van der Waals surface area contributed by atoms with Crippen LogP contribution in [0, 0.1) is 11.6 Å². The zero-order valence-electron chi connectivity index (χ0n) is 12.0. The van der Waals surface area contributed by atoms with Crippen molar-refractivity contribution in [2.24, 2.45) is 0 Å². The highest BCUT2D eigenvalue weighted by atomic mass is 32.2. The van der Waals surface area contributed by atoms with E-state index >= 15 is 0 Å². The lowest BCUT2D eigenvalue weighted by Gasteiger charge is -2.12. The third-order valence-electron chi connectivity index (χ3n) is 3.46. The van der Waals surface area contributed by atoms with E-state index in [2.05, 4.69) is 0 Å². The van der Waals surface area contributed by atoms with Crippen LogP contribution in [0.5, 0.6) is 5.75 Å². The molecule has 0 bridgehead atoms. The van der Waals surface area contributed by atoms with Gasteiger partial charge in [0.15, 0.2) is 0 Å². The van der Waals surface area contributed by atoms with Crippen LogP contribution in [0.3, 0.4) is 0 Å². The fraction of sp³-hybridized carbons (Fsp3) is 0.0667. The van der Waals surface area contributed by atoms with Crippen molar-refractivity contribution in [2.75, 3.05) is 12.8 Å². The van der Waals surface area contributed by atoms with Gasteiger partial charge in [-0.25, -0.2) is 21.2 Å². The van der Waals surface area contributed by atoms with Crippen molar-refractivity contribution in [1.29, 1.82) is 0 Å². The number of methoxy groups -OCH3 is 1. The van der Waals surface area contributed by atoms with Crippen LogP contribution in [0.2, 0.25) is 0 Å². The average Bonchev–Trinajstić information content (AvgIpc) is 2.95. The summed E-state index contributed by atoms with van der Waals surface area (Å²) in [5, 5.41) is 0.158. The maximum absolute atomic E-state index is 13.8. The molecule has 0 atom stereocenters. The second-order valence-corrected chi connectivity index (χ2v) is 6.60. The molecule has 2 aromatic carbocycles. The Bertz CT molecular complexity index is 1010. The van der Waals surface area contributed by atoms with Crippen molar-refractivity contribution in [3.8, 4) is 5.75 Å². The molecule has 0 aliphatic heterocycles. The number of aromatic nitrogens is 1. The number of fused-ring (bicyclic) bond motifs is 1. The number of nitrogen functional groups attached to an aromatic ring is 1. The lowest BCUT2D eigenvalue weighted by atomic mass is 10.2. The van der Waals surface area contributed by atoms with Crippen LogP contribution in [-0.2, 0) is 10.0 Å². The monoisotopic (exact) mass is 338 g/mol. The molecule has 3 aromatic rings. The molecule has 3 rings (SSSR count). The SMILES string of the molecule is COc1cc(F)c(N)cc1S(=O)(=O)n1ccc2c(F)cccc21. The molecule has 1 heterocycles. The van der Waals surface area contributed by atoms with Gasteiger partial charge in [-0.2, -0.15) is 0 Å². The summed E-state index contributed by atoms with van der Waals surface area (Å²) >= 11 is 0. The summed E-state index contributed by atoms with van der Waals surface area (Å²) in [6.07, 6.45) is 1.22. The number of hydrogen-bond acceptors (Lipinski definition) is 4. The molecular weight excluding hydrogens is 326 g/mol. The first-order valence-corrected chi connectivity index (χ1v) is 7.94. The number of ether oxygens (including phenoxy) is 1. The largest absolute Gasteiger partial charge is 0.495 e. The molecule has 0 unspecified atom stereocenters. The Morgan fingerprint density at radius 1 is 1.13 bits per heavy atom. The van der Waals surface area contributed by atoms with Crippen LogP contribution in [0.25, 0.3) is 10.9 Å². The summed E-state index contributed by atoms with van der Waals surface area (Å²) < 4.78 is 58.8. The first-order valence-electron chi connectivity index (χ1n) is 6.50. The Morgan fingerprint density at radius 2 is 1.87 bits per heavy atom. The highest BCUT2D eigenvalue weighted by Gasteiger charge is 2.25. The van der Waals surface area contributed by atoms with Crippen LogP contribution in [-0.4, -0.2) is 19.5 Å². The molecule has 0 amide bonds. The van der Waals surface area contributed by atoms with Gasteiger partial charge < -0.3 is 10.5 Å². The van der Waals surface area contributed by atoms with Crippen molar-refractivity contribution < 1.29 is 21.9 Å². The third-order valence-corrected chi connectivity index (χ3v) is 5.17. The highest BCUT2D eigenvalue weighted by Crippen LogP contribution is 2.32. The molecule has 0 aliphatic rings. The summed E-state index contributed by atoms with van der Waals surface area (Å²) in [4.78, 5) is -0.305. The molecule has 0 fully saturated rings. The number of nitrogens with two attached hydrogens (primary N) is 1. The molecule has 1 aromatic heterocycles. The summed E-state index contributed by atoms with van der Waals surface area (Å²) in [5.41, 5.74) is 5.30. The van der Waals surface area contributed by atoms with Crippen molar-refractivity contribution in [3.63, 3.8) is 0 Å². The van der Waals surface area contributed by atoms with Gasteiger partial charge >= 0.3 is 0 Å². The van der Waals surface area contributed by atoms with Crippen LogP contribution in [0.15, 0.2) is 47.5 Å². The van der Waals surface area contributed by atoms with E-state index in [1.807, 2.05) is 0 Å². The standard InChI is InChI=1S/C15H12F2N2O3S/c1-22-14-7-11(17)12(18)8-15(14)23(20,21)19-6-5-9-10(16)3-2-4-13(9)19/h2-8H,18H2,1H3. The Labute approximate surface area is 130 Å². The van der Waals surface area contributed by atoms with Gasteiger partial charge in [0.05, 0.1) is 18.3 Å². The van der Waals surface area contributed by atoms with E-state index < -0.39 is 21.7 Å². The Hall–Kier alpha value is -2.61. The van der Waals surface area contributed by atoms with E-state index in [4.69, 9.17) is 10.5 Å². The van der Waals surface area contributed by atoms with Crippen molar-refractivity contribution >= 4 is 26.6 Å². The first-order chi connectivity index (χ1) is 10.9. The maximum Gasteiger partial charge on any atom is 0.271 e. The van der Waals surface area contributed by atoms with Crippen LogP contribution >= 0.6 is 0 Å². The number of nitrogens with zero attached hydrogens (tertiary/aromatic N) is 1. The molecule has 8 heteroatoms. The summed E-state index contributed by atoms with van der Waals surface area (Å²) in [7, 11) is -2.92. The number of benzene rings is 2. The molecule has 120 valence electrons. The molecule has 0 aliphatic carbocycles. The number of anilines is 1. The Kier molecular flexibility index (Phi) is 3.48. The Morgan fingerprint density at radius 3 is 2.57 bits per heavy atom. The smallest absolute Gasteiger partial charge is 0.271 e. The van der Waals surface area contributed by atoms with E-state index in [0.717, 1.165) is 16.1 Å². The fourth-order valence-corrected chi connectivity index (χ4v) is 3.86. The number of hydrogen-bond donors (Lipinski definition) is 1. The third kappa shape index (κ3) is 2.31. The molecule has 0 spiro atoms. The molecule has 0 saturated heterocycles. The second kappa shape index (κ2) is 5.24. The van der Waals surface area contributed by atoms with Crippen LogP contribution < -0.4 is 10.5 Å². The zero-order chi connectivity index (χ0) is 16.8. The van der Waals surface area contributed by atoms with Crippen LogP contribution in [0.4, 0.5) is 14.5 Å². The summed E-state index contributed by atoms with van der Waals surface area (Å²) in [6.45, 7) is 0. The van der Waals surface area contributed by atoms with Crippen molar-refractivity contribution in [1.82, 2.24) is 3.97 Å². The van der Waals surface area contributed by atoms with Gasteiger partial charge in [-0.15, -0.1) is 0 Å². The minimum Gasteiger partial charge on any atom is -0.495 e. The fourth-order valence-electron chi connectivity index (χ4n) is 2.33. The van der Waals surface area contributed by atoms with Gasteiger partial charge in [-0.1, -0.05) is 6.07 Å². The summed E-state index contributed by atoms with van der Waals surface area (Å²) in [5.74, 6) is -1.51. The minimum absolute atomic E-state index is 0.158. The van der Waals surface area contributed by atoms with Gasteiger partial charge in [0.2, 0.25) is 0 Å². The molecule has 5 nitrogen and oxygen atoms in total. The van der Waals surface area contributed by atoms with E-state index in [1.54, 1.807) is 0 Å². The quantitative estimate of drug-likeness (QED) is 0.745. The minimum atomic E-state index is -4.14. The number of halogens is 2. The van der Waals surface area contributed by atoms with E-state index in [9.17, 15) is 17.2 Å². The first kappa shape index (κ1) is 15.3. The summed E-state index contributed by atoms with van der Waals surface area (Å²) in [6, 6.07) is 7.33. The normalized spacial score (nSPS) is 11.8. The molecule has 0 radical (unpaired) electrons. The molecule has 2 N–H and O–H groups in total. The Balaban J connectivity index is 2.30. The van der Waals surface area contributed by atoms with Gasteiger partial charge in [-0.3, -0.25) is 0 Å². The lowest BCUT2D eigenvalue weighted by molar-refractivity contribution is 0.399. The molecular formula is C15H12F2N2O3S. The predicted molar refractivity (Wildman–Crippen MR) is 81.8 cm³/mol. The number of rotatable bonds is 3. The van der Waals surface area contributed by atoms with Gasteiger partial charge in [-0.05, 0) is 24.3 Å².